The number of anilines is 1. The highest BCUT2D eigenvalue weighted by Crippen LogP contribution is 2.29. The minimum atomic E-state index is -0.300. The van der Waals surface area contributed by atoms with Gasteiger partial charge in [-0.05, 0) is 29.5 Å². The Morgan fingerprint density at radius 1 is 1.15 bits per heavy atom. The summed E-state index contributed by atoms with van der Waals surface area (Å²) in [4.78, 5) is 26.9. The average molecular weight is 350 g/mol. The number of likely N-dealkylation sites (tertiary alicyclic amines) is 1. The number of hydrogen-bond donors (Lipinski definition) is 1. The van der Waals surface area contributed by atoms with Crippen LogP contribution in [0.3, 0.4) is 0 Å². The van der Waals surface area contributed by atoms with Gasteiger partial charge in [0.2, 0.25) is 11.8 Å². The van der Waals surface area contributed by atoms with Gasteiger partial charge in [-0.15, -0.1) is 0 Å². The van der Waals surface area contributed by atoms with Crippen LogP contribution in [0.1, 0.15) is 42.9 Å². The Labute approximate surface area is 155 Å². The van der Waals surface area contributed by atoms with E-state index in [1.807, 2.05) is 49.4 Å². The summed E-state index contributed by atoms with van der Waals surface area (Å²) >= 11 is 0. The molecule has 2 aromatic carbocycles. The van der Waals surface area contributed by atoms with Crippen LogP contribution in [0.4, 0.5) is 5.69 Å². The molecule has 136 valence electrons. The molecule has 0 saturated carbocycles. The molecule has 3 rings (SSSR count). The van der Waals surface area contributed by atoms with Gasteiger partial charge in [-0.1, -0.05) is 62.4 Å². The Morgan fingerprint density at radius 3 is 2.58 bits per heavy atom. The van der Waals surface area contributed by atoms with Crippen molar-refractivity contribution in [1.29, 1.82) is 0 Å². The first-order chi connectivity index (χ1) is 12.5. The highest BCUT2D eigenvalue weighted by atomic mass is 16.2. The molecule has 1 N–H and O–H groups in total. The van der Waals surface area contributed by atoms with E-state index in [4.69, 9.17) is 0 Å². The van der Waals surface area contributed by atoms with Crippen LogP contribution >= 0.6 is 0 Å². The summed E-state index contributed by atoms with van der Waals surface area (Å²) in [5.74, 6) is 0.00352. The lowest BCUT2D eigenvalue weighted by Gasteiger charge is -2.19. The maximum absolute atomic E-state index is 12.8. The maximum Gasteiger partial charge on any atom is 0.229 e. The normalized spacial score (nSPS) is 17.0. The second kappa shape index (κ2) is 7.73. The molecule has 4 heteroatoms. The van der Waals surface area contributed by atoms with Crippen LogP contribution in [0.25, 0.3) is 0 Å². The summed E-state index contributed by atoms with van der Waals surface area (Å²) in [5.41, 5.74) is 4.16. The SMILES string of the molecule is Cc1cccc(C(C)C)c1NC(=O)C1CC(=O)N(Cc2ccccc2)C1. The maximum atomic E-state index is 12.8. The van der Waals surface area contributed by atoms with Crippen molar-refractivity contribution in [1.82, 2.24) is 4.90 Å². The number of carbonyl (C=O) groups excluding carboxylic acids is 2. The first-order valence-corrected chi connectivity index (χ1v) is 9.17. The van der Waals surface area contributed by atoms with Crippen molar-refractivity contribution in [2.24, 2.45) is 5.92 Å². The van der Waals surface area contributed by atoms with Gasteiger partial charge in [-0.25, -0.2) is 0 Å². The number of carbonyl (C=O) groups is 2. The fourth-order valence-electron chi connectivity index (χ4n) is 3.47. The van der Waals surface area contributed by atoms with Crippen molar-refractivity contribution < 1.29 is 9.59 Å². The molecule has 1 heterocycles. The predicted molar refractivity (Wildman–Crippen MR) is 104 cm³/mol. The lowest BCUT2D eigenvalue weighted by molar-refractivity contribution is -0.128. The molecule has 0 aliphatic carbocycles. The second-order valence-electron chi connectivity index (χ2n) is 7.34. The van der Waals surface area contributed by atoms with Gasteiger partial charge in [0, 0.05) is 25.2 Å². The van der Waals surface area contributed by atoms with Crippen molar-refractivity contribution in [3.8, 4) is 0 Å². The lowest BCUT2D eigenvalue weighted by atomic mass is 9.97. The molecule has 0 radical (unpaired) electrons. The Balaban J connectivity index is 1.69. The number of hydrogen-bond acceptors (Lipinski definition) is 2. The highest BCUT2D eigenvalue weighted by molar-refractivity contribution is 5.98. The van der Waals surface area contributed by atoms with Crippen LogP contribution in [-0.2, 0) is 16.1 Å². The zero-order valence-corrected chi connectivity index (χ0v) is 15.7. The van der Waals surface area contributed by atoms with Crippen molar-refractivity contribution >= 4 is 17.5 Å². The summed E-state index contributed by atoms with van der Waals surface area (Å²) in [5, 5.41) is 3.09. The van der Waals surface area contributed by atoms with Crippen molar-refractivity contribution in [3.63, 3.8) is 0 Å². The smallest absolute Gasteiger partial charge is 0.229 e. The predicted octanol–water partition coefficient (Wildman–Crippen LogP) is 4.11. The molecule has 0 bridgehead atoms. The van der Waals surface area contributed by atoms with E-state index >= 15 is 0 Å². The van der Waals surface area contributed by atoms with Gasteiger partial charge in [0.25, 0.3) is 0 Å². The Bertz CT molecular complexity index is 799. The van der Waals surface area contributed by atoms with E-state index in [0.717, 1.165) is 22.4 Å². The molecule has 2 aromatic rings. The first kappa shape index (κ1) is 18.2. The summed E-state index contributed by atoms with van der Waals surface area (Å²) in [6.07, 6.45) is 0.279. The number of nitrogens with zero attached hydrogens (tertiary/aromatic N) is 1. The van der Waals surface area contributed by atoms with Crippen LogP contribution in [-0.4, -0.2) is 23.3 Å². The van der Waals surface area contributed by atoms with Gasteiger partial charge in [0.1, 0.15) is 0 Å². The van der Waals surface area contributed by atoms with Gasteiger partial charge in [0.15, 0.2) is 0 Å². The van der Waals surface area contributed by atoms with Gasteiger partial charge >= 0.3 is 0 Å². The third-order valence-corrected chi connectivity index (χ3v) is 4.98. The van der Waals surface area contributed by atoms with E-state index in [9.17, 15) is 9.59 Å². The number of nitrogens with one attached hydrogen (secondary N) is 1. The molecule has 2 amide bonds. The molecule has 0 spiro atoms. The summed E-state index contributed by atoms with van der Waals surface area (Å²) in [6.45, 7) is 7.27. The van der Waals surface area contributed by atoms with E-state index in [2.05, 4.69) is 25.2 Å². The Hall–Kier alpha value is -2.62. The molecular weight excluding hydrogens is 324 g/mol. The average Bonchev–Trinajstić information content (AvgIpc) is 2.98. The van der Waals surface area contributed by atoms with Crippen LogP contribution in [0.2, 0.25) is 0 Å². The molecule has 4 nitrogen and oxygen atoms in total. The number of para-hydroxylation sites is 1. The van der Waals surface area contributed by atoms with Crippen LogP contribution < -0.4 is 5.32 Å². The molecule has 0 aromatic heterocycles. The number of aryl methyl sites for hydroxylation is 1. The van der Waals surface area contributed by atoms with E-state index in [1.165, 1.54) is 0 Å². The molecule has 1 aliphatic heterocycles. The molecule has 1 atom stereocenters. The van der Waals surface area contributed by atoms with Gasteiger partial charge in [0.05, 0.1) is 5.92 Å². The van der Waals surface area contributed by atoms with Gasteiger partial charge in [-0.2, -0.15) is 0 Å². The summed E-state index contributed by atoms with van der Waals surface area (Å²) < 4.78 is 0. The van der Waals surface area contributed by atoms with E-state index < -0.39 is 0 Å². The molecular formula is C22H26N2O2. The summed E-state index contributed by atoms with van der Waals surface area (Å²) in [6, 6.07) is 16.0. The lowest BCUT2D eigenvalue weighted by Crippen LogP contribution is -2.28. The largest absolute Gasteiger partial charge is 0.338 e. The zero-order chi connectivity index (χ0) is 18.7. The van der Waals surface area contributed by atoms with Gasteiger partial charge < -0.3 is 10.2 Å². The number of amides is 2. The van der Waals surface area contributed by atoms with Crippen LogP contribution in [0.15, 0.2) is 48.5 Å². The summed E-state index contributed by atoms with van der Waals surface area (Å²) in [7, 11) is 0. The van der Waals surface area contributed by atoms with E-state index in [-0.39, 0.29) is 24.2 Å². The number of benzene rings is 2. The zero-order valence-electron chi connectivity index (χ0n) is 15.7. The second-order valence-corrected chi connectivity index (χ2v) is 7.34. The standard InChI is InChI=1S/C22H26N2O2/c1-15(2)19-11-7-8-16(3)21(19)23-22(26)18-12-20(25)24(14-18)13-17-9-5-4-6-10-17/h4-11,15,18H,12-14H2,1-3H3,(H,23,26). The van der Waals surface area contributed by atoms with Crippen LogP contribution in [0.5, 0.6) is 0 Å². The van der Waals surface area contributed by atoms with E-state index in [1.54, 1.807) is 4.90 Å². The number of rotatable bonds is 5. The highest BCUT2D eigenvalue weighted by Gasteiger charge is 2.34. The third kappa shape index (κ3) is 3.96. The fourth-order valence-corrected chi connectivity index (χ4v) is 3.47. The first-order valence-electron chi connectivity index (χ1n) is 9.17. The Kier molecular flexibility index (Phi) is 5.40. The van der Waals surface area contributed by atoms with Crippen LogP contribution in [0, 0.1) is 12.8 Å². The topological polar surface area (TPSA) is 49.4 Å². The molecule has 1 unspecified atom stereocenters. The van der Waals surface area contributed by atoms with Crippen molar-refractivity contribution in [2.45, 2.75) is 39.7 Å². The molecule has 26 heavy (non-hydrogen) atoms. The quantitative estimate of drug-likeness (QED) is 0.882. The monoisotopic (exact) mass is 350 g/mol. The Morgan fingerprint density at radius 2 is 1.88 bits per heavy atom. The minimum absolute atomic E-state index is 0.0443. The van der Waals surface area contributed by atoms with Crippen molar-refractivity contribution in [3.05, 3.63) is 65.2 Å². The molecule has 1 fully saturated rings. The minimum Gasteiger partial charge on any atom is -0.338 e. The van der Waals surface area contributed by atoms with E-state index in [0.29, 0.717) is 19.0 Å². The molecule has 1 saturated heterocycles. The van der Waals surface area contributed by atoms with Gasteiger partial charge in [-0.3, -0.25) is 9.59 Å². The fraction of sp³-hybridized carbons (Fsp3) is 0.364. The molecule has 1 aliphatic rings. The van der Waals surface area contributed by atoms with Crippen molar-refractivity contribution in [2.75, 3.05) is 11.9 Å². The third-order valence-electron chi connectivity index (χ3n) is 4.98.